The van der Waals surface area contributed by atoms with Crippen LogP contribution in [0.2, 0.25) is 0 Å². The number of aryl methyl sites for hydroxylation is 3. The van der Waals surface area contributed by atoms with E-state index >= 15 is 0 Å². The molecule has 1 aliphatic rings. The van der Waals surface area contributed by atoms with Crippen molar-refractivity contribution >= 4 is 46.4 Å². The van der Waals surface area contributed by atoms with E-state index in [0.29, 0.717) is 23.4 Å². The molecule has 0 aromatic heterocycles. The highest BCUT2D eigenvalue weighted by molar-refractivity contribution is 6.53. The predicted molar refractivity (Wildman–Crippen MR) is 135 cm³/mol. The number of nitrogens with one attached hydrogen (secondary N) is 2. The molecule has 0 unspecified atom stereocenters. The van der Waals surface area contributed by atoms with Crippen molar-refractivity contribution in [2.24, 2.45) is 0 Å². The van der Waals surface area contributed by atoms with Crippen LogP contribution in [0.1, 0.15) is 34.0 Å². The minimum absolute atomic E-state index is 0.00454. The molecule has 34 heavy (non-hydrogen) atoms. The fourth-order valence-electron chi connectivity index (χ4n) is 3.73. The minimum atomic E-state index is -0.570. The van der Waals surface area contributed by atoms with Crippen LogP contribution in [0, 0.1) is 13.8 Å². The number of para-hydroxylation sites is 1. The zero-order valence-corrected chi connectivity index (χ0v) is 19.9. The lowest BCUT2D eigenvalue weighted by atomic mass is 10.1. The van der Waals surface area contributed by atoms with E-state index in [1.807, 2.05) is 51.1 Å². The molecule has 7 heteroatoms. The number of halogens is 1. The Morgan fingerprint density at radius 3 is 2.24 bits per heavy atom. The third-order valence-electron chi connectivity index (χ3n) is 5.82. The first-order chi connectivity index (χ1) is 16.3. The van der Waals surface area contributed by atoms with Gasteiger partial charge < -0.3 is 10.6 Å². The van der Waals surface area contributed by atoms with Crippen molar-refractivity contribution in [3.63, 3.8) is 0 Å². The maximum atomic E-state index is 13.1. The Bertz CT molecular complexity index is 1330. The molecule has 0 atom stereocenters. The molecule has 2 N–H and O–H groups in total. The molecule has 0 fully saturated rings. The van der Waals surface area contributed by atoms with Gasteiger partial charge in [-0.1, -0.05) is 42.8 Å². The first-order valence-corrected chi connectivity index (χ1v) is 11.3. The molecule has 3 aromatic rings. The normalized spacial score (nSPS) is 13.5. The number of imide groups is 1. The van der Waals surface area contributed by atoms with Crippen molar-refractivity contribution < 1.29 is 14.4 Å². The Morgan fingerprint density at radius 2 is 1.56 bits per heavy atom. The summed E-state index contributed by atoms with van der Waals surface area (Å²) in [5.41, 5.74) is 5.34. The monoisotopic (exact) mass is 473 g/mol. The third kappa shape index (κ3) is 4.45. The standard InChI is InChI=1S/C27H24ClN3O3/c1-4-18-7-5-6-8-22(18)31-26(33)23(28)24(27(31)34)29-20-13-10-19(11-14-20)25(32)30-21-12-9-16(2)17(3)15-21/h5-15,29H,4H2,1-3H3,(H,30,32). The number of carbonyl (C=O) groups excluding carboxylic acids is 3. The second-order valence-electron chi connectivity index (χ2n) is 8.07. The molecule has 0 radical (unpaired) electrons. The average Bonchev–Trinajstić information content (AvgIpc) is 3.04. The van der Waals surface area contributed by atoms with E-state index in [0.717, 1.165) is 27.3 Å². The molecule has 4 rings (SSSR count). The number of hydrogen-bond donors (Lipinski definition) is 2. The van der Waals surface area contributed by atoms with E-state index in [1.165, 1.54) is 0 Å². The smallest absolute Gasteiger partial charge is 0.283 e. The molecule has 0 spiro atoms. The Morgan fingerprint density at radius 1 is 0.882 bits per heavy atom. The molecule has 0 bridgehead atoms. The van der Waals surface area contributed by atoms with Crippen LogP contribution >= 0.6 is 11.6 Å². The van der Waals surface area contributed by atoms with E-state index in [2.05, 4.69) is 10.6 Å². The molecule has 1 heterocycles. The van der Waals surface area contributed by atoms with Crippen LogP contribution in [-0.2, 0) is 16.0 Å². The summed E-state index contributed by atoms with van der Waals surface area (Å²) in [5, 5.41) is 5.65. The number of rotatable bonds is 6. The van der Waals surface area contributed by atoms with Gasteiger partial charge in [0, 0.05) is 16.9 Å². The molecule has 0 saturated heterocycles. The van der Waals surface area contributed by atoms with Gasteiger partial charge in [0.25, 0.3) is 17.7 Å². The Kier molecular flexibility index (Phi) is 6.52. The van der Waals surface area contributed by atoms with E-state index in [1.54, 1.807) is 36.4 Å². The molecular weight excluding hydrogens is 450 g/mol. The van der Waals surface area contributed by atoms with Gasteiger partial charge in [0.1, 0.15) is 10.7 Å². The van der Waals surface area contributed by atoms with E-state index in [-0.39, 0.29) is 16.6 Å². The quantitative estimate of drug-likeness (QED) is 0.460. The lowest BCUT2D eigenvalue weighted by molar-refractivity contribution is -0.120. The molecule has 0 aliphatic carbocycles. The molecule has 6 nitrogen and oxygen atoms in total. The van der Waals surface area contributed by atoms with Crippen molar-refractivity contribution in [3.8, 4) is 0 Å². The number of benzene rings is 3. The Labute approximate surface area is 203 Å². The maximum Gasteiger partial charge on any atom is 0.283 e. The van der Waals surface area contributed by atoms with Crippen LogP contribution in [0.3, 0.4) is 0 Å². The number of nitrogens with zero attached hydrogens (tertiary/aromatic N) is 1. The summed E-state index contributed by atoms with van der Waals surface area (Å²) < 4.78 is 0. The van der Waals surface area contributed by atoms with Gasteiger partial charge in [-0.25, -0.2) is 4.90 Å². The first-order valence-electron chi connectivity index (χ1n) is 10.9. The van der Waals surface area contributed by atoms with Gasteiger partial charge in [0.05, 0.1) is 5.69 Å². The van der Waals surface area contributed by atoms with Crippen LogP contribution in [-0.4, -0.2) is 17.7 Å². The van der Waals surface area contributed by atoms with Crippen molar-refractivity contribution in [1.82, 2.24) is 0 Å². The van der Waals surface area contributed by atoms with Crippen LogP contribution in [0.5, 0.6) is 0 Å². The first kappa shape index (κ1) is 23.3. The van der Waals surface area contributed by atoms with Gasteiger partial charge >= 0.3 is 0 Å². The minimum Gasteiger partial charge on any atom is -0.350 e. The highest BCUT2D eigenvalue weighted by atomic mass is 35.5. The van der Waals surface area contributed by atoms with E-state index in [9.17, 15) is 14.4 Å². The SMILES string of the molecule is CCc1ccccc1N1C(=O)C(Cl)=C(Nc2ccc(C(=O)Nc3ccc(C)c(C)c3)cc2)C1=O. The second-order valence-corrected chi connectivity index (χ2v) is 8.45. The van der Waals surface area contributed by atoms with Gasteiger partial charge in [-0.05, 0) is 79.4 Å². The topological polar surface area (TPSA) is 78.5 Å². The Balaban J connectivity index is 1.49. The maximum absolute atomic E-state index is 13.1. The second kappa shape index (κ2) is 9.53. The summed E-state index contributed by atoms with van der Waals surface area (Å²) in [7, 11) is 0. The average molecular weight is 474 g/mol. The number of amides is 3. The molecule has 3 amide bonds. The summed E-state index contributed by atoms with van der Waals surface area (Å²) in [6, 6.07) is 19.6. The summed E-state index contributed by atoms with van der Waals surface area (Å²) >= 11 is 6.25. The number of carbonyl (C=O) groups is 3. The summed E-state index contributed by atoms with van der Waals surface area (Å²) in [4.78, 5) is 39.5. The van der Waals surface area contributed by atoms with Gasteiger partial charge in [0.2, 0.25) is 0 Å². The molecule has 0 saturated carbocycles. The van der Waals surface area contributed by atoms with Gasteiger partial charge in [-0.2, -0.15) is 0 Å². The lowest BCUT2D eigenvalue weighted by Gasteiger charge is -2.18. The summed E-state index contributed by atoms with van der Waals surface area (Å²) in [6.45, 7) is 5.96. The lowest BCUT2D eigenvalue weighted by Crippen LogP contribution is -2.33. The third-order valence-corrected chi connectivity index (χ3v) is 6.17. The Hall–Kier alpha value is -3.90. The number of anilines is 3. The highest BCUT2D eigenvalue weighted by Gasteiger charge is 2.39. The fraction of sp³-hybridized carbons (Fsp3) is 0.148. The van der Waals surface area contributed by atoms with Crippen molar-refractivity contribution in [3.05, 3.63) is 99.7 Å². The van der Waals surface area contributed by atoms with Gasteiger partial charge in [0.15, 0.2) is 0 Å². The van der Waals surface area contributed by atoms with Crippen molar-refractivity contribution in [2.45, 2.75) is 27.2 Å². The van der Waals surface area contributed by atoms with Crippen molar-refractivity contribution in [1.29, 1.82) is 0 Å². The zero-order valence-electron chi connectivity index (χ0n) is 19.1. The van der Waals surface area contributed by atoms with E-state index < -0.39 is 11.8 Å². The molecule has 3 aromatic carbocycles. The largest absolute Gasteiger partial charge is 0.350 e. The zero-order chi connectivity index (χ0) is 24.4. The van der Waals surface area contributed by atoms with Crippen LogP contribution < -0.4 is 15.5 Å². The van der Waals surface area contributed by atoms with Crippen LogP contribution in [0.15, 0.2) is 77.5 Å². The summed E-state index contributed by atoms with van der Waals surface area (Å²) in [6.07, 6.45) is 0.666. The van der Waals surface area contributed by atoms with Crippen molar-refractivity contribution in [2.75, 3.05) is 15.5 Å². The van der Waals surface area contributed by atoms with Gasteiger partial charge in [-0.3, -0.25) is 14.4 Å². The molecular formula is C27H24ClN3O3. The number of hydrogen-bond acceptors (Lipinski definition) is 4. The van der Waals surface area contributed by atoms with Crippen LogP contribution in [0.4, 0.5) is 17.1 Å². The fourth-order valence-corrected chi connectivity index (χ4v) is 3.94. The predicted octanol–water partition coefficient (Wildman–Crippen LogP) is 5.55. The highest BCUT2D eigenvalue weighted by Crippen LogP contribution is 2.32. The molecule has 1 aliphatic heterocycles. The molecule has 172 valence electrons. The van der Waals surface area contributed by atoms with Gasteiger partial charge in [-0.15, -0.1) is 0 Å². The van der Waals surface area contributed by atoms with Crippen LogP contribution in [0.25, 0.3) is 0 Å². The summed E-state index contributed by atoms with van der Waals surface area (Å²) in [5.74, 6) is -1.34. The van der Waals surface area contributed by atoms with E-state index in [4.69, 9.17) is 11.6 Å².